The summed E-state index contributed by atoms with van der Waals surface area (Å²) < 4.78 is 47.4. The van der Waals surface area contributed by atoms with Crippen LogP contribution >= 0.6 is 0 Å². The second kappa shape index (κ2) is 12.2. The van der Waals surface area contributed by atoms with E-state index in [1.807, 2.05) is 5.32 Å². The van der Waals surface area contributed by atoms with Gasteiger partial charge in [-0.25, -0.2) is 4.39 Å². The van der Waals surface area contributed by atoms with Gasteiger partial charge in [-0.2, -0.15) is 8.78 Å². The highest BCUT2D eigenvalue weighted by Crippen LogP contribution is 2.33. The number of alkyl halides is 3. The molecule has 39 heavy (non-hydrogen) atoms. The van der Waals surface area contributed by atoms with E-state index in [0.717, 1.165) is 19.2 Å². The van der Waals surface area contributed by atoms with Crippen LogP contribution < -0.4 is 20.7 Å². The van der Waals surface area contributed by atoms with E-state index in [0.29, 0.717) is 11.3 Å². The van der Waals surface area contributed by atoms with Crippen molar-refractivity contribution < 1.29 is 32.3 Å². The van der Waals surface area contributed by atoms with Crippen LogP contribution in [-0.2, 0) is 20.3 Å². The Bertz CT molecular complexity index is 1380. The number of carbonyl (C=O) groups is 3. The lowest BCUT2D eigenvalue weighted by molar-refractivity contribution is -0.146. The van der Waals surface area contributed by atoms with Crippen molar-refractivity contribution in [3.05, 3.63) is 72.4 Å². The molecule has 1 heterocycles. The van der Waals surface area contributed by atoms with Gasteiger partial charge in [0.2, 0.25) is 18.2 Å². The zero-order valence-electron chi connectivity index (χ0n) is 21.2. The summed E-state index contributed by atoms with van der Waals surface area (Å²) in [6, 6.07) is 13.9. The summed E-state index contributed by atoms with van der Waals surface area (Å²) in [4.78, 5) is 41.8. The van der Waals surface area contributed by atoms with Crippen LogP contribution in [0.4, 0.5) is 24.5 Å². The molecule has 0 bridgehead atoms. The smallest absolute Gasteiger partial charge is 0.349 e. The summed E-state index contributed by atoms with van der Waals surface area (Å²) in [5.74, 6) is -8.64. The van der Waals surface area contributed by atoms with E-state index >= 15 is 0 Å². The van der Waals surface area contributed by atoms with Gasteiger partial charge >= 0.3 is 5.92 Å². The monoisotopic (exact) mass is 541 g/mol. The molecular weight excluding hydrogens is 515 g/mol. The van der Waals surface area contributed by atoms with Gasteiger partial charge in [0.25, 0.3) is 5.91 Å². The van der Waals surface area contributed by atoms with Crippen molar-refractivity contribution >= 4 is 34.8 Å². The Balaban J connectivity index is 1.84. The van der Waals surface area contributed by atoms with Crippen LogP contribution in [0.2, 0.25) is 0 Å². The number of anilines is 2. The van der Waals surface area contributed by atoms with Gasteiger partial charge in [0.15, 0.2) is 5.92 Å². The molecule has 0 spiro atoms. The van der Waals surface area contributed by atoms with Gasteiger partial charge < -0.3 is 26.1 Å². The van der Waals surface area contributed by atoms with Crippen molar-refractivity contribution in [2.24, 2.45) is 5.92 Å². The minimum absolute atomic E-state index is 0.0978. The fourth-order valence-corrected chi connectivity index (χ4v) is 3.63. The summed E-state index contributed by atoms with van der Waals surface area (Å²) >= 11 is 0. The van der Waals surface area contributed by atoms with Crippen molar-refractivity contribution in [3.63, 3.8) is 0 Å². The number of aromatic nitrogens is 1. The van der Waals surface area contributed by atoms with E-state index in [9.17, 15) is 27.6 Å². The van der Waals surface area contributed by atoms with Crippen LogP contribution in [0, 0.1) is 11.3 Å². The van der Waals surface area contributed by atoms with Crippen molar-refractivity contribution in [3.8, 4) is 17.0 Å². The average molecular weight is 542 g/mol. The van der Waals surface area contributed by atoms with E-state index in [-0.39, 0.29) is 22.8 Å². The van der Waals surface area contributed by atoms with E-state index in [1.165, 1.54) is 50.4 Å². The Kier molecular flexibility index (Phi) is 9.02. The third kappa shape index (κ3) is 6.98. The van der Waals surface area contributed by atoms with Crippen LogP contribution in [0.5, 0.6) is 5.75 Å². The molecule has 0 fully saturated rings. The fraction of sp³-hybridized carbons (Fsp3) is 0.222. The first kappa shape index (κ1) is 28.8. The van der Waals surface area contributed by atoms with Gasteiger partial charge in [0.05, 0.1) is 5.69 Å². The lowest BCUT2D eigenvalue weighted by Crippen LogP contribution is -2.38. The second-order valence-corrected chi connectivity index (χ2v) is 8.42. The topological polar surface area (TPSA) is 133 Å². The Hall–Kier alpha value is -4.74. The SMILES string of the molecule is CNC(=O)C(F)(F)c1cccc(NC(=O)C(C(C)=N)C(=O)Nc2ccc(OC(C)F)c(-c3ccccn3)c2)c1. The number of hydrogen-bond acceptors (Lipinski definition) is 6. The maximum atomic E-state index is 14.3. The van der Waals surface area contributed by atoms with E-state index < -0.39 is 41.5 Å². The first-order chi connectivity index (χ1) is 18.4. The van der Waals surface area contributed by atoms with Gasteiger partial charge in [-0.3, -0.25) is 19.4 Å². The van der Waals surface area contributed by atoms with Crippen LogP contribution in [0.1, 0.15) is 19.4 Å². The molecule has 0 saturated carbocycles. The molecule has 204 valence electrons. The van der Waals surface area contributed by atoms with Crippen LogP contribution in [0.3, 0.4) is 0 Å². The number of nitrogens with one attached hydrogen (secondary N) is 4. The largest absolute Gasteiger partial charge is 0.460 e. The molecule has 2 unspecified atom stereocenters. The van der Waals surface area contributed by atoms with Gasteiger partial charge in [0.1, 0.15) is 5.75 Å². The number of nitrogens with zero attached hydrogens (tertiary/aromatic N) is 1. The van der Waals surface area contributed by atoms with Crippen molar-refractivity contribution in [1.82, 2.24) is 10.3 Å². The van der Waals surface area contributed by atoms with Crippen LogP contribution in [-0.4, -0.2) is 41.8 Å². The number of benzene rings is 2. The molecule has 0 aliphatic carbocycles. The van der Waals surface area contributed by atoms with Crippen molar-refractivity contribution in [2.45, 2.75) is 26.1 Å². The zero-order chi connectivity index (χ0) is 28.7. The van der Waals surface area contributed by atoms with Gasteiger partial charge in [-0.1, -0.05) is 18.2 Å². The van der Waals surface area contributed by atoms with E-state index in [1.54, 1.807) is 18.2 Å². The van der Waals surface area contributed by atoms with Gasteiger partial charge in [-0.05, 0) is 49.4 Å². The highest BCUT2D eigenvalue weighted by atomic mass is 19.3. The molecule has 0 aliphatic heterocycles. The van der Waals surface area contributed by atoms with Gasteiger partial charge in [0, 0.05) is 48.4 Å². The molecule has 12 heteroatoms. The molecule has 3 rings (SSSR count). The van der Waals surface area contributed by atoms with E-state index in [4.69, 9.17) is 10.1 Å². The van der Waals surface area contributed by atoms with Crippen molar-refractivity contribution in [1.29, 1.82) is 5.41 Å². The normalized spacial score (nSPS) is 12.6. The highest BCUT2D eigenvalue weighted by molar-refractivity contribution is 6.24. The molecule has 0 radical (unpaired) electrons. The van der Waals surface area contributed by atoms with Crippen molar-refractivity contribution in [2.75, 3.05) is 17.7 Å². The molecule has 3 amide bonds. The molecular formula is C27H26F3N5O4. The molecule has 0 aliphatic rings. The van der Waals surface area contributed by atoms with Crippen LogP contribution in [0.25, 0.3) is 11.3 Å². The molecule has 0 saturated heterocycles. The standard InChI is InChI=1S/C27H26F3N5O4/c1-15(31)23(24(36)34-18-8-6-7-17(13-18)27(29,30)26(38)32-3)25(37)35-19-10-11-22(39-16(2)28)20(14-19)21-9-4-5-12-33-21/h4-14,16,23,31H,1-3H3,(H,32,38)(H,34,36)(H,35,37). The average Bonchev–Trinajstić information content (AvgIpc) is 2.89. The lowest BCUT2D eigenvalue weighted by Gasteiger charge is -2.19. The summed E-state index contributed by atoms with van der Waals surface area (Å²) in [5, 5.41) is 14.8. The molecule has 4 N–H and O–H groups in total. The summed E-state index contributed by atoms with van der Waals surface area (Å²) in [7, 11) is 1.07. The number of hydrogen-bond donors (Lipinski definition) is 4. The summed E-state index contributed by atoms with van der Waals surface area (Å²) in [5.41, 5.74) is -0.0491. The third-order valence-electron chi connectivity index (χ3n) is 5.44. The second-order valence-electron chi connectivity index (χ2n) is 8.42. The fourth-order valence-electron chi connectivity index (χ4n) is 3.63. The molecule has 2 aromatic carbocycles. The lowest BCUT2D eigenvalue weighted by atomic mass is 10.0. The Morgan fingerprint density at radius 3 is 2.21 bits per heavy atom. The highest BCUT2D eigenvalue weighted by Gasteiger charge is 2.40. The number of amides is 3. The minimum Gasteiger partial charge on any atom is -0.460 e. The molecule has 2 atom stereocenters. The number of rotatable bonds is 10. The van der Waals surface area contributed by atoms with Gasteiger partial charge in [-0.15, -0.1) is 0 Å². The summed E-state index contributed by atoms with van der Waals surface area (Å²) in [6.07, 6.45) is -0.0852. The maximum Gasteiger partial charge on any atom is 0.349 e. The number of halogens is 3. The Labute approximate surface area is 222 Å². The molecule has 3 aromatic rings. The quantitative estimate of drug-likeness (QED) is 0.221. The van der Waals surface area contributed by atoms with E-state index in [2.05, 4.69) is 15.6 Å². The summed E-state index contributed by atoms with van der Waals surface area (Å²) in [6.45, 7) is 2.46. The molecule has 1 aromatic heterocycles. The number of pyridine rings is 1. The minimum atomic E-state index is -3.86. The maximum absolute atomic E-state index is 14.3. The number of ether oxygens (including phenoxy) is 1. The number of likely N-dealkylation sites (N-methyl/N-ethyl adjacent to an activating group) is 1. The predicted octanol–water partition coefficient (Wildman–Crippen LogP) is 4.51. The first-order valence-corrected chi connectivity index (χ1v) is 11.7. The zero-order valence-corrected chi connectivity index (χ0v) is 21.2. The third-order valence-corrected chi connectivity index (χ3v) is 5.44. The molecule has 9 nitrogen and oxygen atoms in total. The Morgan fingerprint density at radius 1 is 0.974 bits per heavy atom. The predicted molar refractivity (Wildman–Crippen MR) is 139 cm³/mol. The first-order valence-electron chi connectivity index (χ1n) is 11.7. The van der Waals surface area contributed by atoms with Crippen LogP contribution in [0.15, 0.2) is 66.9 Å². The Morgan fingerprint density at radius 2 is 1.64 bits per heavy atom. The number of carbonyl (C=O) groups excluding carboxylic acids is 3.